The van der Waals surface area contributed by atoms with E-state index in [9.17, 15) is 9.59 Å². The fraction of sp³-hybridized carbons (Fsp3) is 0.385. The summed E-state index contributed by atoms with van der Waals surface area (Å²) >= 11 is 1.27. The molecule has 0 bridgehead atoms. The summed E-state index contributed by atoms with van der Waals surface area (Å²) in [6.07, 6.45) is 0.0975. The van der Waals surface area contributed by atoms with Crippen LogP contribution in [0.15, 0.2) is 11.4 Å². The molecule has 2 aromatic heterocycles. The normalized spacial score (nSPS) is 10.4. The van der Waals surface area contributed by atoms with Crippen LogP contribution < -0.4 is 5.32 Å². The Hall–Kier alpha value is -2.22. The third-order valence-corrected chi connectivity index (χ3v) is 3.55. The number of hydrogen-bond acceptors (Lipinski definition) is 6. The number of anilines is 1. The zero-order chi connectivity index (χ0) is 15.4. The molecule has 0 saturated carbocycles. The lowest BCUT2D eigenvalue weighted by Gasteiger charge is -2.04. The lowest BCUT2D eigenvalue weighted by molar-refractivity contribution is -0.139. The van der Waals surface area contributed by atoms with E-state index in [0.717, 1.165) is 11.4 Å². The third-order valence-electron chi connectivity index (χ3n) is 2.75. The van der Waals surface area contributed by atoms with Crippen LogP contribution in [0, 0.1) is 13.8 Å². The number of carbonyl (C=O) groups excluding carboxylic acids is 2. The fourth-order valence-electron chi connectivity index (χ4n) is 1.80. The van der Waals surface area contributed by atoms with Gasteiger partial charge >= 0.3 is 5.97 Å². The zero-order valence-corrected chi connectivity index (χ0v) is 12.9. The Morgan fingerprint density at radius 2 is 2.19 bits per heavy atom. The van der Waals surface area contributed by atoms with Crippen LogP contribution in [-0.2, 0) is 27.3 Å². The molecule has 0 fully saturated rings. The molecule has 0 spiro atoms. The Kier molecular flexibility index (Phi) is 4.69. The van der Waals surface area contributed by atoms with Gasteiger partial charge in [-0.1, -0.05) is 0 Å². The minimum atomic E-state index is -0.360. The van der Waals surface area contributed by atoms with Gasteiger partial charge < -0.3 is 10.1 Å². The molecule has 0 saturated heterocycles. The lowest BCUT2D eigenvalue weighted by atomic mass is 10.3. The number of rotatable bonds is 5. The summed E-state index contributed by atoms with van der Waals surface area (Å²) in [6.45, 7) is 3.90. The monoisotopic (exact) mass is 308 g/mol. The van der Waals surface area contributed by atoms with Gasteiger partial charge in [-0.3, -0.25) is 14.3 Å². The number of thiazole rings is 1. The van der Waals surface area contributed by atoms with E-state index in [1.165, 1.54) is 18.4 Å². The predicted octanol–water partition coefficient (Wildman–Crippen LogP) is 1.31. The van der Waals surface area contributed by atoms with Gasteiger partial charge in [0.05, 0.1) is 24.9 Å². The molecule has 1 amide bonds. The summed E-state index contributed by atoms with van der Waals surface area (Å²) in [5.74, 6) is -0.569. The quantitative estimate of drug-likeness (QED) is 0.842. The molecule has 0 radical (unpaired) electrons. The molecule has 0 atom stereocenters. The first-order valence-corrected chi connectivity index (χ1v) is 7.18. The maximum Gasteiger partial charge on any atom is 0.311 e. The van der Waals surface area contributed by atoms with Gasteiger partial charge in [-0.25, -0.2) is 4.98 Å². The van der Waals surface area contributed by atoms with E-state index in [-0.39, 0.29) is 24.8 Å². The maximum absolute atomic E-state index is 11.9. The molecule has 1 N–H and O–H groups in total. The van der Waals surface area contributed by atoms with Crippen LogP contribution in [0.5, 0.6) is 0 Å². The van der Waals surface area contributed by atoms with E-state index in [2.05, 4.69) is 20.1 Å². The van der Waals surface area contributed by atoms with Crippen LogP contribution >= 0.6 is 11.3 Å². The third kappa shape index (κ3) is 4.12. The van der Waals surface area contributed by atoms with Gasteiger partial charge in [0.1, 0.15) is 6.54 Å². The highest BCUT2D eigenvalue weighted by molar-refractivity contribution is 7.13. The summed E-state index contributed by atoms with van der Waals surface area (Å²) < 4.78 is 6.20. The average molecular weight is 308 g/mol. The Labute approximate surface area is 125 Å². The number of methoxy groups -OCH3 is 1. The Balaban J connectivity index is 1.94. The van der Waals surface area contributed by atoms with Gasteiger partial charge in [0.25, 0.3) is 0 Å². The lowest BCUT2D eigenvalue weighted by Crippen LogP contribution is -2.20. The minimum Gasteiger partial charge on any atom is -0.469 e. The molecule has 0 unspecified atom stereocenters. The first kappa shape index (κ1) is 15.2. The van der Waals surface area contributed by atoms with Crippen LogP contribution in [-0.4, -0.2) is 33.8 Å². The second-order valence-corrected chi connectivity index (χ2v) is 5.39. The van der Waals surface area contributed by atoms with Crippen molar-refractivity contribution in [1.82, 2.24) is 14.8 Å². The SMILES string of the molecule is COC(=O)Cc1csc(NC(=O)Cn2nc(C)cc2C)n1. The highest BCUT2D eigenvalue weighted by Gasteiger charge is 2.11. The number of aromatic nitrogens is 3. The molecular weight excluding hydrogens is 292 g/mol. The molecule has 7 nitrogen and oxygen atoms in total. The largest absolute Gasteiger partial charge is 0.469 e. The topological polar surface area (TPSA) is 86.1 Å². The van der Waals surface area contributed by atoms with E-state index in [0.29, 0.717) is 10.8 Å². The molecule has 21 heavy (non-hydrogen) atoms. The number of ether oxygens (including phenoxy) is 1. The molecule has 0 aliphatic carbocycles. The van der Waals surface area contributed by atoms with E-state index in [1.807, 2.05) is 19.9 Å². The molecule has 112 valence electrons. The van der Waals surface area contributed by atoms with Crippen molar-refractivity contribution in [1.29, 1.82) is 0 Å². The molecule has 2 heterocycles. The van der Waals surface area contributed by atoms with Crippen molar-refractivity contribution in [2.45, 2.75) is 26.8 Å². The number of nitrogens with one attached hydrogen (secondary N) is 1. The van der Waals surface area contributed by atoms with Gasteiger partial charge in [0.2, 0.25) is 5.91 Å². The number of nitrogens with zero attached hydrogens (tertiary/aromatic N) is 3. The number of hydrogen-bond donors (Lipinski definition) is 1. The van der Waals surface area contributed by atoms with Gasteiger partial charge in [-0.05, 0) is 19.9 Å². The summed E-state index contributed by atoms with van der Waals surface area (Å²) in [5, 5.41) is 9.10. The Morgan fingerprint density at radius 1 is 1.43 bits per heavy atom. The molecule has 2 aromatic rings. The Bertz CT molecular complexity index is 662. The molecule has 2 rings (SSSR count). The second-order valence-electron chi connectivity index (χ2n) is 4.53. The number of esters is 1. The van der Waals surface area contributed by atoms with E-state index in [4.69, 9.17) is 0 Å². The van der Waals surface area contributed by atoms with Gasteiger partial charge in [0.15, 0.2) is 5.13 Å². The molecular formula is C13H16N4O3S. The van der Waals surface area contributed by atoms with Gasteiger partial charge in [0, 0.05) is 11.1 Å². The summed E-state index contributed by atoms with van der Waals surface area (Å²) in [4.78, 5) is 27.2. The van der Waals surface area contributed by atoms with Crippen molar-refractivity contribution in [3.63, 3.8) is 0 Å². The molecule has 0 aliphatic rings. The second kappa shape index (κ2) is 6.49. The van der Waals surface area contributed by atoms with Crippen LogP contribution in [0.2, 0.25) is 0 Å². The van der Waals surface area contributed by atoms with Crippen molar-refractivity contribution in [3.8, 4) is 0 Å². The molecule has 8 heteroatoms. The summed E-state index contributed by atoms with van der Waals surface area (Å²) in [7, 11) is 1.33. The van der Waals surface area contributed by atoms with E-state index < -0.39 is 0 Å². The maximum atomic E-state index is 11.9. The Morgan fingerprint density at radius 3 is 2.81 bits per heavy atom. The van der Waals surface area contributed by atoms with Crippen LogP contribution in [0.25, 0.3) is 0 Å². The van der Waals surface area contributed by atoms with Crippen molar-refractivity contribution >= 4 is 28.3 Å². The minimum absolute atomic E-state index is 0.0975. The average Bonchev–Trinajstić information content (AvgIpc) is 2.96. The molecule has 0 aromatic carbocycles. The van der Waals surface area contributed by atoms with Crippen LogP contribution in [0.3, 0.4) is 0 Å². The van der Waals surface area contributed by atoms with Crippen LogP contribution in [0.4, 0.5) is 5.13 Å². The highest BCUT2D eigenvalue weighted by atomic mass is 32.1. The van der Waals surface area contributed by atoms with Gasteiger partial charge in [-0.2, -0.15) is 5.10 Å². The van der Waals surface area contributed by atoms with Crippen molar-refractivity contribution in [3.05, 3.63) is 28.5 Å². The van der Waals surface area contributed by atoms with Crippen molar-refractivity contribution in [2.75, 3.05) is 12.4 Å². The van der Waals surface area contributed by atoms with E-state index >= 15 is 0 Å². The summed E-state index contributed by atoms with van der Waals surface area (Å²) in [5.41, 5.74) is 2.37. The fourth-order valence-corrected chi connectivity index (χ4v) is 2.52. The standard InChI is InChI=1S/C13H16N4O3S/c1-8-4-9(2)17(16-8)6-11(18)15-13-14-10(7-21-13)5-12(19)20-3/h4,7H,5-6H2,1-3H3,(H,14,15,18). The number of carbonyl (C=O) groups is 2. The summed E-state index contributed by atoms with van der Waals surface area (Å²) in [6, 6.07) is 1.91. The molecule has 0 aliphatic heterocycles. The highest BCUT2D eigenvalue weighted by Crippen LogP contribution is 2.16. The van der Waals surface area contributed by atoms with E-state index in [1.54, 1.807) is 10.1 Å². The van der Waals surface area contributed by atoms with Crippen LogP contribution in [0.1, 0.15) is 17.1 Å². The van der Waals surface area contributed by atoms with Crippen molar-refractivity contribution in [2.24, 2.45) is 0 Å². The smallest absolute Gasteiger partial charge is 0.311 e. The first-order chi connectivity index (χ1) is 9.97. The predicted molar refractivity (Wildman–Crippen MR) is 78.2 cm³/mol. The van der Waals surface area contributed by atoms with Gasteiger partial charge in [-0.15, -0.1) is 11.3 Å². The number of amides is 1. The first-order valence-electron chi connectivity index (χ1n) is 6.30. The number of aryl methyl sites for hydroxylation is 2. The van der Waals surface area contributed by atoms with Crippen molar-refractivity contribution < 1.29 is 14.3 Å². The zero-order valence-electron chi connectivity index (χ0n) is 12.0.